The molecule has 0 bridgehead atoms. The molecule has 6 rings (SSSR count). The molecule has 3 aromatic heterocycles. The molecule has 268 valence electrons. The van der Waals surface area contributed by atoms with E-state index >= 15 is 4.39 Å². The zero-order valence-corrected chi connectivity index (χ0v) is 28.1. The minimum Gasteiger partial charge on any atom is -0.491 e. The quantitative estimate of drug-likeness (QED) is 0.0975. The number of nitrogens with one attached hydrogen (secondary N) is 2. The molecular weight excluding hydrogens is 695 g/mol. The lowest BCUT2D eigenvalue weighted by Crippen LogP contribution is -2.34. The lowest BCUT2D eigenvalue weighted by molar-refractivity contribution is -0.147. The number of fused-ring (bicyclic) bond motifs is 1. The van der Waals surface area contributed by atoms with Crippen LogP contribution in [0.3, 0.4) is 0 Å². The van der Waals surface area contributed by atoms with Crippen molar-refractivity contribution in [1.82, 2.24) is 19.4 Å². The number of carbonyl (C=O) groups is 2. The Kier molecular flexibility index (Phi) is 9.88. The molecule has 3 N–H and O–H groups in total. The largest absolute Gasteiger partial charge is 0.491 e. The lowest BCUT2D eigenvalue weighted by atomic mass is 9.98. The number of hydrogen-bond acceptors (Lipinski definition) is 9. The van der Waals surface area contributed by atoms with E-state index in [2.05, 4.69) is 15.1 Å². The number of pyridine rings is 1. The highest BCUT2D eigenvalue weighted by molar-refractivity contribution is 7.90. The molecule has 0 aliphatic carbocycles. The molecule has 0 radical (unpaired) electrons. The maximum absolute atomic E-state index is 15.6. The van der Waals surface area contributed by atoms with Gasteiger partial charge in [-0.2, -0.15) is 12.7 Å². The van der Waals surface area contributed by atoms with Gasteiger partial charge >= 0.3 is 16.2 Å². The molecule has 4 heterocycles. The van der Waals surface area contributed by atoms with Gasteiger partial charge in [-0.15, -0.1) is 0 Å². The van der Waals surface area contributed by atoms with Gasteiger partial charge in [0, 0.05) is 48.1 Å². The van der Waals surface area contributed by atoms with Crippen molar-refractivity contribution in [2.45, 2.75) is 38.5 Å². The number of aromatic nitrogens is 3. The number of carbonyl (C=O) groups excluding carboxylic acids is 1. The standard InChI is InChI=1S/C34H32F3N5O8S/c1-19-13-28(50-40-19)34(2,15-29(43)44)49-12-11-48-23-5-3-20(4-6-23)21-14-24-25(17-39-33(24)38-16-21)32(45)30-26(36)7-8-27(31(30)37)41-51(46,47)42-10-9-22(35)18-42/h3-8,13-14,16-17,22,41H,9-12,15,18H2,1-2H3,(H,38,39)(H,43,44)/t22-,34?/m1/s1. The van der Waals surface area contributed by atoms with Crippen LogP contribution in [0.25, 0.3) is 22.2 Å². The smallest absolute Gasteiger partial charge is 0.306 e. The molecule has 13 nitrogen and oxygen atoms in total. The van der Waals surface area contributed by atoms with Gasteiger partial charge in [-0.1, -0.05) is 17.3 Å². The fourth-order valence-electron chi connectivity index (χ4n) is 5.71. The van der Waals surface area contributed by atoms with Gasteiger partial charge in [-0.25, -0.2) is 18.2 Å². The zero-order chi connectivity index (χ0) is 36.5. The maximum atomic E-state index is 15.6. The lowest BCUT2D eigenvalue weighted by Gasteiger charge is -2.25. The van der Waals surface area contributed by atoms with Crippen LogP contribution < -0.4 is 9.46 Å². The molecule has 5 aromatic rings. The number of halogens is 3. The van der Waals surface area contributed by atoms with Crippen LogP contribution >= 0.6 is 0 Å². The Labute approximate surface area is 289 Å². The third-order valence-corrected chi connectivity index (χ3v) is 9.85. The number of ether oxygens (including phenoxy) is 2. The summed E-state index contributed by atoms with van der Waals surface area (Å²) in [7, 11) is -4.37. The van der Waals surface area contributed by atoms with Gasteiger partial charge in [0.1, 0.15) is 35.6 Å². The van der Waals surface area contributed by atoms with Gasteiger partial charge < -0.3 is 24.1 Å². The Morgan fingerprint density at radius 1 is 1.14 bits per heavy atom. The molecule has 1 saturated heterocycles. The number of aryl methyl sites for hydroxylation is 1. The summed E-state index contributed by atoms with van der Waals surface area (Å²) in [5.74, 6) is -3.97. The summed E-state index contributed by atoms with van der Waals surface area (Å²) in [6.07, 6.45) is 1.09. The number of H-pyrrole nitrogens is 1. The molecular formula is C34H32F3N5O8S. The van der Waals surface area contributed by atoms with Crippen LogP contribution in [0.4, 0.5) is 18.9 Å². The Balaban J connectivity index is 1.16. The van der Waals surface area contributed by atoms with Crippen LogP contribution in [0.1, 0.15) is 47.1 Å². The van der Waals surface area contributed by atoms with Crippen molar-refractivity contribution >= 4 is 38.7 Å². The highest BCUT2D eigenvalue weighted by Gasteiger charge is 2.35. The average molecular weight is 728 g/mol. The van der Waals surface area contributed by atoms with Gasteiger partial charge in [0.05, 0.1) is 30.0 Å². The topological polar surface area (TPSA) is 177 Å². The van der Waals surface area contributed by atoms with E-state index in [1.807, 2.05) is 4.72 Å². The van der Waals surface area contributed by atoms with E-state index in [1.54, 1.807) is 56.4 Å². The van der Waals surface area contributed by atoms with E-state index in [1.165, 1.54) is 6.20 Å². The molecule has 0 saturated carbocycles. The molecule has 2 atom stereocenters. The van der Waals surface area contributed by atoms with E-state index in [9.17, 15) is 31.9 Å². The number of aliphatic carboxylic acids is 1. The van der Waals surface area contributed by atoms with Crippen molar-refractivity contribution in [3.8, 4) is 16.9 Å². The maximum Gasteiger partial charge on any atom is 0.306 e. The van der Waals surface area contributed by atoms with Crippen LogP contribution in [0.15, 0.2) is 65.4 Å². The molecule has 51 heavy (non-hydrogen) atoms. The second-order valence-corrected chi connectivity index (χ2v) is 13.8. The van der Waals surface area contributed by atoms with Crippen molar-refractivity contribution in [1.29, 1.82) is 0 Å². The number of nitrogens with zero attached hydrogens (tertiary/aromatic N) is 3. The summed E-state index contributed by atoms with van der Waals surface area (Å²) in [5.41, 5.74) is -0.895. The Hall–Kier alpha value is -5.26. The predicted octanol–water partition coefficient (Wildman–Crippen LogP) is 5.52. The minimum atomic E-state index is -4.37. The molecule has 1 aliphatic heterocycles. The Morgan fingerprint density at radius 3 is 2.57 bits per heavy atom. The van der Waals surface area contributed by atoms with Gasteiger partial charge in [-0.3, -0.25) is 14.3 Å². The summed E-state index contributed by atoms with van der Waals surface area (Å²) >= 11 is 0. The Bertz CT molecular complexity index is 2210. The summed E-state index contributed by atoms with van der Waals surface area (Å²) in [5, 5.41) is 13.4. The van der Waals surface area contributed by atoms with Crippen LogP contribution in [0, 0.1) is 18.6 Å². The number of anilines is 1. The fourth-order valence-corrected chi connectivity index (χ4v) is 6.98. The van der Waals surface area contributed by atoms with Crippen molar-refractivity contribution in [2.24, 2.45) is 0 Å². The molecule has 0 spiro atoms. The van der Waals surface area contributed by atoms with E-state index in [4.69, 9.17) is 14.0 Å². The summed E-state index contributed by atoms with van der Waals surface area (Å²) in [6.45, 7) is 2.94. The Morgan fingerprint density at radius 2 is 1.90 bits per heavy atom. The third-order valence-electron chi connectivity index (χ3n) is 8.36. The number of aromatic amines is 1. The number of hydrogen-bond donors (Lipinski definition) is 3. The van der Waals surface area contributed by atoms with Crippen LogP contribution in [0.2, 0.25) is 0 Å². The van der Waals surface area contributed by atoms with Gasteiger partial charge in [0.15, 0.2) is 11.6 Å². The second kappa shape index (κ2) is 14.2. The zero-order valence-electron chi connectivity index (χ0n) is 27.3. The number of alkyl halides is 1. The minimum absolute atomic E-state index is 0.0104. The number of ketones is 1. The monoisotopic (exact) mass is 727 g/mol. The first-order valence-corrected chi connectivity index (χ1v) is 17.1. The highest BCUT2D eigenvalue weighted by atomic mass is 32.2. The second-order valence-electron chi connectivity index (χ2n) is 12.1. The first-order valence-electron chi connectivity index (χ1n) is 15.7. The fraction of sp³-hybridized carbons (Fsp3) is 0.294. The van der Waals surface area contributed by atoms with Gasteiger partial charge in [0.25, 0.3) is 0 Å². The number of rotatable bonds is 14. The van der Waals surface area contributed by atoms with Crippen molar-refractivity contribution < 1.29 is 50.3 Å². The number of carboxylic acids is 1. The van der Waals surface area contributed by atoms with Crippen LogP contribution in [-0.2, 0) is 25.3 Å². The molecule has 1 aliphatic rings. The predicted molar refractivity (Wildman–Crippen MR) is 177 cm³/mol. The number of benzene rings is 2. The van der Waals surface area contributed by atoms with E-state index in [-0.39, 0.29) is 55.0 Å². The summed E-state index contributed by atoms with van der Waals surface area (Å²) < 4.78 is 89.2. The normalized spacial score (nSPS) is 16.3. The SMILES string of the molecule is Cc1cc(C(C)(CC(=O)O)OCCOc2ccc(-c3cnc4[nH]cc(C(=O)c5c(F)ccc(NS(=O)(=O)N6CC[C@@H](F)C6)c5F)c4c3)cc2)on1. The van der Waals surface area contributed by atoms with E-state index < -0.39 is 63.2 Å². The van der Waals surface area contributed by atoms with Crippen molar-refractivity contribution in [3.63, 3.8) is 0 Å². The highest BCUT2D eigenvalue weighted by Crippen LogP contribution is 2.32. The van der Waals surface area contributed by atoms with Gasteiger partial charge in [-0.05, 0) is 56.2 Å². The summed E-state index contributed by atoms with van der Waals surface area (Å²) in [6, 6.07) is 11.7. The van der Waals surface area contributed by atoms with Crippen molar-refractivity contribution in [2.75, 3.05) is 31.0 Å². The van der Waals surface area contributed by atoms with E-state index in [0.29, 0.717) is 22.6 Å². The number of carboxylic acid groups (broad SMARTS) is 1. The van der Waals surface area contributed by atoms with Gasteiger partial charge in [0.2, 0.25) is 5.78 Å². The third kappa shape index (κ3) is 7.59. The average Bonchev–Trinajstić information content (AvgIpc) is 3.84. The molecule has 2 aromatic carbocycles. The molecule has 1 fully saturated rings. The summed E-state index contributed by atoms with van der Waals surface area (Å²) in [4.78, 5) is 32.2. The molecule has 17 heteroatoms. The van der Waals surface area contributed by atoms with Crippen LogP contribution in [-0.4, -0.2) is 77.2 Å². The first kappa shape index (κ1) is 35.6. The van der Waals surface area contributed by atoms with E-state index in [0.717, 1.165) is 16.4 Å². The molecule has 1 unspecified atom stereocenters. The molecule has 0 amide bonds. The van der Waals surface area contributed by atoms with Crippen LogP contribution in [0.5, 0.6) is 5.75 Å². The first-order chi connectivity index (χ1) is 24.2. The van der Waals surface area contributed by atoms with Crippen molar-refractivity contribution in [3.05, 3.63) is 95.1 Å².